The molecule has 0 aliphatic rings. The first kappa shape index (κ1) is 19.8. The number of carbonyl (C=O) groups excluding carboxylic acids is 1. The minimum Gasteiger partial charge on any atom is -0.406 e. The maximum absolute atomic E-state index is 12.3. The van der Waals surface area contributed by atoms with Crippen LogP contribution in [0.2, 0.25) is 0 Å². The van der Waals surface area contributed by atoms with Crippen LogP contribution in [0.5, 0.6) is 5.75 Å². The van der Waals surface area contributed by atoms with Crippen LogP contribution in [0.1, 0.15) is 15.9 Å². The Morgan fingerprint density at radius 3 is 2.52 bits per heavy atom. The van der Waals surface area contributed by atoms with Gasteiger partial charge in [0.05, 0.1) is 4.92 Å². The highest BCUT2D eigenvalue weighted by molar-refractivity contribution is 5.95. The maximum Gasteiger partial charge on any atom is 0.573 e. The van der Waals surface area contributed by atoms with E-state index in [1.54, 1.807) is 0 Å². The molecule has 150 valence electrons. The summed E-state index contributed by atoms with van der Waals surface area (Å²) in [7, 11) is 0. The Hall–Kier alpha value is -3.96. The highest BCUT2D eigenvalue weighted by Gasteiger charge is 2.30. The molecule has 0 atom stereocenters. The number of amides is 1. The number of halogens is 3. The number of hydrogen-bond acceptors (Lipinski definition) is 6. The molecule has 1 amide bonds. The number of nitrogens with one attached hydrogen (secondary N) is 1. The van der Waals surface area contributed by atoms with Crippen LogP contribution in [0.4, 0.5) is 18.9 Å². The molecule has 0 saturated carbocycles. The van der Waals surface area contributed by atoms with E-state index in [0.717, 1.165) is 18.2 Å². The van der Waals surface area contributed by atoms with Crippen LogP contribution in [0.25, 0.3) is 5.69 Å². The molecular formula is C17H12F3N5O4. The van der Waals surface area contributed by atoms with Crippen molar-refractivity contribution < 1.29 is 27.6 Å². The smallest absolute Gasteiger partial charge is 0.406 e. The molecule has 0 spiro atoms. The van der Waals surface area contributed by atoms with Crippen molar-refractivity contribution in [2.45, 2.75) is 12.9 Å². The Balaban J connectivity index is 1.69. The van der Waals surface area contributed by atoms with Crippen molar-refractivity contribution in [1.29, 1.82) is 0 Å². The number of aromatic nitrogens is 3. The van der Waals surface area contributed by atoms with Crippen molar-refractivity contribution in [2.24, 2.45) is 0 Å². The topological polar surface area (TPSA) is 112 Å². The summed E-state index contributed by atoms with van der Waals surface area (Å²) in [4.78, 5) is 26.7. The number of nitro benzene ring substituents is 1. The van der Waals surface area contributed by atoms with Gasteiger partial charge < -0.3 is 10.1 Å². The van der Waals surface area contributed by atoms with Crippen LogP contribution in [-0.4, -0.2) is 32.0 Å². The molecule has 0 saturated heterocycles. The number of alkyl halides is 3. The molecule has 9 nitrogen and oxygen atoms in total. The van der Waals surface area contributed by atoms with Crippen molar-refractivity contribution in [3.63, 3.8) is 0 Å². The monoisotopic (exact) mass is 407 g/mol. The normalized spacial score (nSPS) is 11.1. The minimum atomic E-state index is -4.79. The van der Waals surface area contributed by atoms with Gasteiger partial charge in [0.25, 0.3) is 11.6 Å². The molecule has 3 rings (SSSR count). The summed E-state index contributed by atoms with van der Waals surface area (Å²) >= 11 is 0. The predicted molar refractivity (Wildman–Crippen MR) is 92.3 cm³/mol. The van der Waals surface area contributed by atoms with Crippen LogP contribution in [0.15, 0.2) is 55.1 Å². The largest absolute Gasteiger partial charge is 0.573 e. The number of ether oxygens (including phenoxy) is 1. The Labute approximate surface area is 160 Å². The standard InChI is InChI=1S/C17H12F3N5O4/c18-17(19,20)29-13-4-1-11(2-5-13)8-22-16(26)12-3-6-14(15(7-12)25(27)28)24-10-21-9-23-24/h1-7,9-10H,8H2,(H,22,26). The van der Waals surface area contributed by atoms with Gasteiger partial charge in [0, 0.05) is 18.2 Å². The van der Waals surface area contributed by atoms with Crippen LogP contribution in [0.3, 0.4) is 0 Å². The zero-order valence-corrected chi connectivity index (χ0v) is 14.5. The summed E-state index contributed by atoms with van der Waals surface area (Å²) in [6.07, 6.45) is -2.29. The number of nitrogens with zero attached hydrogens (tertiary/aromatic N) is 4. The van der Waals surface area contributed by atoms with E-state index >= 15 is 0 Å². The first-order valence-corrected chi connectivity index (χ1v) is 7.99. The second kappa shape index (κ2) is 7.96. The molecule has 29 heavy (non-hydrogen) atoms. The molecule has 3 aromatic rings. The highest BCUT2D eigenvalue weighted by Crippen LogP contribution is 2.24. The zero-order chi connectivity index (χ0) is 21.0. The van der Waals surface area contributed by atoms with Gasteiger partial charge >= 0.3 is 6.36 Å². The van der Waals surface area contributed by atoms with E-state index in [4.69, 9.17) is 0 Å². The Morgan fingerprint density at radius 2 is 1.93 bits per heavy atom. The molecule has 0 unspecified atom stereocenters. The summed E-state index contributed by atoms with van der Waals surface area (Å²) in [5.74, 6) is -0.972. The van der Waals surface area contributed by atoms with Gasteiger partial charge in [-0.25, -0.2) is 9.67 Å². The fourth-order valence-corrected chi connectivity index (χ4v) is 2.43. The van der Waals surface area contributed by atoms with E-state index in [9.17, 15) is 28.1 Å². The third kappa shape index (κ3) is 5.06. The molecule has 1 N–H and O–H groups in total. The van der Waals surface area contributed by atoms with E-state index in [0.29, 0.717) is 5.56 Å². The molecule has 2 aromatic carbocycles. The van der Waals surface area contributed by atoms with Crippen LogP contribution < -0.4 is 10.1 Å². The fraction of sp³-hybridized carbons (Fsp3) is 0.118. The van der Waals surface area contributed by atoms with Crippen molar-refractivity contribution in [3.05, 3.63) is 76.4 Å². The molecule has 0 fully saturated rings. The van der Waals surface area contributed by atoms with E-state index in [1.165, 1.54) is 41.6 Å². The molecule has 0 radical (unpaired) electrons. The second-order valence-electron chi connectivity index (χ2n) is 5.68. The lowest BCUT2D eigenvalue weighted by Gasteiger charge is -2.10. The van der Waals surface area contributed by atoms with Crippen molar-refractivity contribution in [2.75, 3.05) is 0 Å². The first-order valence-electron chi connectivity index (χ1n) is 7.99. The Kier molecular flexibility index (Phi) is 5.43. The number of rotatable bonds is 6. The molecular weight excluding hydrogens is 395 g/mol. The highest BCUT2D eigenvalue weighted by atomic mass is 19.4. The predicted octanol–water partition coefficient (Wildman–Crippen LogP) is 3.00. The van der Waals surface area contributed by atoms with Crippen LogP contribution >= 0.6 is 0 Å². The van der Waals surface area contributed by atoms with Gasteiger partial charge in [-0.2, -0.15) is 5.10 Å². The SMILES string of the molecule is O=C(NCc1ccc(OC(F)(F)F)cc1)c1ccc(-n2cncn2)c([N+](=O)[O-])c1. The number of hydrogen-bond donors (Lipinski definition) is 1. The maximum atomic E-state index is 12.3. The lowest BCUT2D eigenvalue weighted by molar-refractivity contribution is -0.384. The van der Waals surface area contributed by atoms with E-state index in [2.05, 4.69) is 20.1 Å². The van der Waals surface area contributed by atoms with Gasteiger partial charge in [-0.15, -0.1) is 13.2 Å². The van der Waals surface area contributed by atoms with Crippen molar-refractivity contribution in [3.8, 4) is 11.4 Å². The van der Waals surface area contributed by atoms with Crippen molar-refractivity contribution in [1.82, 2.24) is 20.1 Å². The first-order chi connectivity index (χ1) is 13.7. The van der Waals surface area contributed by atoms with Gasteiger partial charge in [-0.05, 0) is 29.8 Å². The lowest BCUT2D eigenvalue weighted by Crippen LogP contribution is -2.23. The van der Waals surface area contributed by atoms with Gasteiger partial charge in [-0.1, -0.05) is 12.1 Å². The average Bonchev–Trinajstić information content (AvgIpc) is 3.20. The number of benzene rings is 2. The van der Waals surface area contributed by atoms with Gasteiger partial charge in [0.15, 0.2) is 0 Å². The average molecular weight is 407 g/mol. The molecule has 0 aliphatic heterocycles. The molecule has 12 heteroatoms. The fourth-order valence-electron chi connectivity index (χ4n) is 2.43. The summed E-state index contributed by atoms with van der Waals surface area (Å²) < 4.78 is 41.4. The quantitative estimate of drug-likeness (QED) is 0.497. The van der Waals surface area contributed by atoms with E-state index in [1.807, 2.05) is 0 Å². The Bertz CT molecular complexity index is 1020. The van der Waals surface area contributed by atoms with Crippen LogP contribution in [-0.2, 0) is 6.54 Å². The lowest BCUT2D eigenvalue weighted by atomic mass is 10.1. The third-order valence-electron chi connectivity index (χ3n) is 3.71. The van der Waals surface area contributed by atoms with E-state index < -0.39 is 17.2 Å². The Morgan fingerprint density at radius 1 is 1.21 bits per heavy atom. The third-order valence-corrected chi connectivity index (χ3v) is 3.71. The number of carbonyl (C=O) groups is 1. The number of nitro groups is 1. The minimum absolute atomic E-state index is 0.00373. The molecule has 1 aromatic heterocycles. The second-order valence-corrected chi connectivity index (χ2v) is 5.68. The summed E-state index contributed by atoms with van der Waals surface area (Å²) in [6.45, 7) is 0.00373. The van der Waals surface area contributed by atoms with Crippen LogP contribution in [0, 0.1) is 10.1 Å². The zero-order valence-electron chi connectivity index (χ0n) is 14.5. The van der Waals surface area contributed by atoms with Gasteiger partial charge in [0.2, 0.25) is 0 Å². The summed E-state index contributed by atoms with van der Waals surface area (Å²) in [5.41, 5.74) is 0.361. The molecule has 1 heterocycles. The molecule has 0 bridgehead atoms. The van der Waals surface area contributed by atoms with Gasteiger partial charge in [-0.3, -0.25) is 14.9 Å². The summed E-state index contributed by atoms with van der Waals surface area (Å²) in [6, 6.07) is 8.81. The summed E-state index contributed by atoms with van der Waals surface area (Å²) in [5, 5.41) is 17.7. The van der Waals surface area contributed by atoms with E-state index in [-0.39, 0.29) is 29.2 Å². The van der Waals surface area contributed by atoms with Gasteiger partial charge in [0.1, 0.15) is 24.1 Å². The molecule has 0 aliphatic carbocycles. The van der Waals surface area contributed by atoms with Crippen molar-refractivity contribution >= 4 is 11.6 Å².